The summed E-state index contributed by atoms with van der Waals surface area (Å²) in [5, 5.41) is 34.7. The molecule has 2 atom stereocenters. The number of Topliss-reactive ketones (excluding diaryl/α,β-unsaturated/α-hetero) is 1. The second kappa shape index (κ2) is 10.9. The first-order chi connectivity index (χ1) is 16.3. The van der Waals surface area contributed by atoms with E-state index < -0.39 is 46.7 Å². The number of hydrogen-bond acceptors (Lipinski definition) is 7. The SMILES string of the molecule is O=C(NCC(CNC(=O)C(O)c1ccccc1)C(=O)c1ccc[nH]c1=O)c1cccc(O)c1O. The van der Waals surface area contributed by atoms with Crippen molar-refractivity contribution in [2.45, 2.75) is 6.10 Å². The molecule has 0 saturated carbocycles. The monoisotopic (exact) mass is 465 g/mol. The number of para-hydroxylation sites is 1. The molecule has 0 radical (unpaired) electrons. The number of aromatic nitrogens is 1. The van der Waals surface area contributed by atoms with Crippen molar-refractivity contribution in [1.82, 2.24) is 15.6 Å². The molecule has 2 amide bonds. The molecular weight excluding hydrogens is 442 g/mol. The zero-order valence-corrected chi connectivity index (χ0v) is 17.9. The number of ketones is 1. The van der Waals surface area contributed by atoms with E-state index in [4.69, 9.17) is 0 Å². The first-order valence-electron chi connectivity index (χ1n) is 10.3. The Bertz CT molecular complexity index is 1240. The van der Waals surface area contributed by atoms with Gasteiger partial charge in [-0.1, -0.05) is 36.4 Å². The predicted molar refractivity (Wildman–Crippen MR) is 121 cm³/mol. The van der Waals surface area contributed by atoms with Crippen LogP contribution in [0.3, 0.4) is 0 Å². The van der Waals surface area contributed by atoms with Crippen LogP contribution in [0.1, 0.15) is 32.4 Å². The standard InChI is InChI=1S/C24H23N3O7/c28-18-10-4-8-17(21(18)31)23(33)26-12-15(19(29)16-9-5-11-25-22(16)32)13-27-24(34)20(30)14-6-2-1-3-7-14/h1-11,15,20,28,30-31H,12-13H2,(H,25,32)(H,26,33)(H,27,34). The van der Waals surface area contributed by atoms with E-state index in [1.165, 1.54) is 36.5 Å². The van der Waals surface area contributed by atoms with Gasteiger partial charge in [-0.25, -0.2) is 0 Å². The van der Waals surface area contributed by atoms with Gasteiger partial charge in [-0.2, -0.15) is 0 Å². The maximum Gasteiger partial charge on any atom is 0.258 e. The first kappa shape index (κ1) is 24.2. The van der Waals surface area contributed by atoms with Crippen LogP contribution in [0.15, 0.2) is 71.7 Å². The van der Waals surface area contributed by atoms with E-state index in [1.54, 1.807) is 30.3 Å². The highest BCUT2D eigenvalue weighted by atomic mass is 16.3. The average molecular weight is 465 g/mol. The summed E-state index contributed by atoms with van der Waals surface area (Å²) in [6.07, 6.45) is -0.116. The minimum absolute atomic E-state index is 0.167. The Labute approximate surface area is 193 Å². The quantitative estimate of drug-likeness (QED) is 0.201. The average Bonchev–Trinajstić information content (AvgIpc) is 2.85. The highest BCUT2D eigenvalue weighted by Crippen LogP contribution is 2.28. The first-order valence-corrected chi connectivity index (χ1v) is 10.3. The van der Waals surface area contributed by atoms with Gasteiger partial charge in [0.15, 0.2) is 23.4 Å². The van der Waals surface area contributed by atoms with E-state index in [0.717, 1.165) is 0 Å². The van der Waals surface area contributed by atoms with Crippen LogP contribution in [0.2, 0.25) is 0 Å². The van der Waals surface area contributed by atoms with Gasteiger partial charge in [0, 0.05) is 19.3 Å². The summed E-state index contributed by atoms with van der Waals surface area (Å²) in [6.45, 7) is -0.592. The van der Waals surface area contributed by atoms with Crippen LogP contribution in [0, 0.1) is 5.92 Å². The molecular formula is C24H23N3O7. The molecule has 0 spiro atoms. The molecule has 176 valence electrons. The van der Waals surface area contributed by atoms with Crippen LogP contribution in [0.5, 0.6) is 11.5 Å². The van der Waals surface area contributed by atoms with Crippen molar-refractivity contribution in [2.75, 3.05) is 13.1 Å². The number of aromatic amines is 1. The van der Waals surface area contributed by atoms with Gasteiger partial charge in [-0.15, -0.1) is 0 Å². The smallest absolute Gasteiger partial charge is 0.258 e. The molecule has 3 aromatic rings. The molecule has 0 aliphatic rings. The van der Waals surface area contributed by atoms with Gasteiger partial charge < -0.3 is 30.9 Å². The molecule has 0 bridgehead atoms. The van der Waals surface area contributed by atoms with E-state index in [2.05, 4.69) is 15.6 Å². The van der Waals surface area contributed by atoms with Gasteiger partial charge in [0.25, 0.3) is 17.4 Å². The van der Waals surface area contributed by atoms with E-state index in [1.807, 2.05) is 0 Å². The highest BCUT2D eigenvalue weighted by Gasteiger charge is 2.26. The molecule has 1 heterocycles. The fourth-order valence-corrected chi connectivity index (χ4v) is 3.23. The molecule has 6 N–H and O–H groups in total. The zero-order valence-electron chi connectivity index (χ0n) is 17.9. The second-order valence-electron chi connectivity index (χ2n) is 7.42. The highest BCUT2D eigenvalue weighted by molar-refractivity contribution is 6.00. The Balaban J connectivity index is 1.75. The lowest BCUT2D eigenvalue weighted by Crippen LogP contribution is -2.42. The van der Waals surface area contributed by atoms with Crippen LogP contribution in [0.4, 0.5) is 0 Å². The zero-order chi connectivity index (χ0) is 24.7. The molecule has 10 nitrogen and oxygen atoms in total. The van der Waals surface area contributed by atoms with Gasteiger partial charge in [0.2, 0.25) is 0 Å². The third-order valence-corrected chi connectivity index (χ3v) is 5.11. The van der Waals surface area contributed by atoms with Crippen LogP contribution < -0.4 is 16.2 Å². The third kappa shape index (κ3) is 5.67. The largest absolute Gasteiger partial charge is 0.504 e. The van der Waals surface area contributed by atoms with Gasteiger partial charge in [0.05, 0.1) is 17.0 Å². The minimum Gasteiger partial charge on any atom is -0.504 e. The summed E-state index contributed by atoms with van der Waals surface area (Å²) in [4.78, 5) is 52.4. The number of aromatic hydroxyl groups is 2. The lowest BCUT2D eigenvalue weighted by atomic mass is 9.97. The van der Waals surface area contributed by atoms with Crippen LogP contribution in [-0.4, -0.2) is 51.0 Å². The van der Waals surface area contributed by atoms with Crippen molar-refractivity contribution in [3.8, 4) is 11.5 Å². The number of amides is 2. The summed E-state index contributed by atoms with van der Waals surface area (Å²) in [7, 11) is 0. The maximum absolute atomic E-state index is 13.0. The van der Waals surface area contributed by atoms with E-state index in [-0.39, 0.29) is 24.2 Å². The number of carbonyl (C=O) groups is 3. The molecule has 0 aliphatic carbocycles. The lowest BCUT2D eigenvalue weighted by Gasteiger charge is -2.19. The number of aliphatic hydroxyl groups is 1. The number of aliphatic hydroxyl groups excluding tert-OH is 1. The summed E-state index contributed by atoms with van der Waals surface area (Å²) in [6, 6.07) is 14.8. The Kier molecular flexibility index (Phi) is 7.78. The van der Waals surface area contributed by atoms with Crippen molar-refractivity contribution in [3.05, 3.63) is 93.9 Å². The Morgan fingerprint density at radius 2 is 1.53 bits per heavy atom. The predicted octanol–water partition coefficient (Wildman–Crippen LogP) is 0.865. The van der Waals surface area contributed by atoms with Crippen molar-refractivity contribution in [3.63, 3.8) is 0 Å². The number of phenols is 2. The molecule has 0 aliphatic heterocycles. The topological polar surface area (TPSA) is 169 Å². The van der Waals surface area contributed by atoms with Gasteiger partial charge in [-0.05, 0) is 29.8 Å². The molecule has 1 aromatic heterocycles. The number of H-pyrrole nitrogens is 1. The fraction of sp³-hybridized carbons (Fsp3) is 0.167. The van der Waals surface area contributed by atoms with Crippen LogP contribution >= 0.6 is 0 Å². The Morgan fingerprint density at radius 3 is 2.24 bits per heavy atom. The Hall–Kier alpha value is -4.44. The fourth-order valence-electron chi connectivity index (χ4n) is 3.23. The van der Waals surface area contributed by atoms with E-state index in [9.17, 15) is 34.5 Å². The van der Waals surface area contributed by atoms with Gasteiger partial charge in [-0.3, -0.25) is 19.2 Å². The molecule has 2 aromatic carbocycles. The minimum atomic E-state index is -1.48. The number of hydrogen-bond donors (Lipinski definition) is 6. The summed E-state index contributed by atoms with van der Waals surface area (Å²) in [5.74, 6) is -4.36. The maximum atomic E-state index is 13.0. The van der Waals surface area contributed by atoms with E-state index >= 15 is 0 Å². The molecule has 0 saturated heterocycles. The molecule has 10 heteroatoms. The molecule has 34 heavy (non-hydrogen) atoms. The van der Waals surface area contributed by atoms with Gasteiger partial charge >= 0.3 is 0 Å². The van der Waals surface area contributed by atoms with Crippen molar-refractivity contribution < 1.29 is 29.7 Å². The lowest BCUT2D eigenvalue weighted by molar-refractivity contribution is -0.129. The Morgan fingerprint density at radius 1 is 0.853 bits per heavy atom. The number of rotatable bonds is 9. The third-order valence-electron chi connectivity index (χ3n) is 5.11. The number of benzene rings is 2. The van der Waals surface area contributed by atoms with Crippen LogP contribution in [-0.2, 0) is 4.79 Å². The van der Waals surface area contributed by atoms with Gasteiger partial charge in [0.1, 0.15) is 0 Å². The number of phenolic OH excluding ortho intramolecular Hbond substituents is 2. The second-order valence-corrected chi connectivity index (χ2v) is 7.42. The van der Waals surface area contributed by atoms with Crippen molar-refractivity contribution in [2.24, 2.45) is 5.92 Å². The molecule has 0 fully saturated rings. The van der Waals surface area contributed by atoms with Crippen molar-refractivity contribution in [1.29, 1.82) is 0 Å². The summed E-state index contributed by atoms with van der Waals surface area (Å²) >= 11 is 0. The van der Waals surface area contributed by atoms with E-state index in [0.29, 0.717) is 5.56 Å². The van der Waals surface area contributed by atoms with Crippen molar-refractivity contribution >= 4 is 17.6 Å². The number of pyridine rings is 1. The molecule has 3 rings (SSSR count). The molecule has 2 unspecified atom stereocenters. The summed E-state index contributed by atoms with van der Waals surface area (Å²) < 4.78 is 0. The van der Waals surface area contributed by atoms with Crippen LogP contribution in [0.25, 0.3) is 0 Å². The number of nitrogens with one attached hydrogen (secondary N) is 3. The summed E-state index contributed by atoms with van der Waals surface area (Å²) in [5.41, 5.74) is -0.660. The number of carbonyl (C=O) groups excluding carboxylic acids is 3. The normalized spacial score (nSPS) is 12.4.